The van der Waals surface area contributed by atoms with Crippen LogP contribution in [0.15, 0.2) is 99.5 Å². The van der Waals surface area contributed by atoms with Gasteiger partial charge in [-0.25, -0.2) is 4.68 Å². The van der Waals surface area contributed by atoms with Crippen molar-refractivity contribution in [1.29, 1.82) is 0 Å². The molecule has 0 bridgehead atoms. The highest BCUT2D eigenvalue weighted by molar-refractivity contribution is 6.30. The maximum absolute atomic E-state index is 13.9. The first-order chi connectivity index (χ1) is 18.0. The average molecular weight is 509 g/mol. The SMILES string of the molecule is Cc1c2c(=O)n(-c3ccccc3)n(Cc3ccc(Cl)cc3)c2cc(=O)n1CC[C@@H]1C=Nc2ccccc21. The average Bonchev–Trinajstić information content (AvgIpc) is 3.44. The molecule has 6 rings (SSSR count). The fourth-order valence-electron chi connectivity index (χ4n) is 5.23. The van der Waals surface area contributed by atoms with Crippen LogP contribution in [0.2, 0.25) is 5.02 Å². The number of para-hydroxylation sites is 2. The van der Waals surface area contributed by atoms with Crippen LogP contribution < -0.4 is 11.1 Å². The van der Waals surface area contributed by atoms with E-state index in [2.05, 4.69) is 11.1 Å². The summed E-state index contributed by atoms with van der Waals surface area (Å²) in [6.45, 7) is 2.78. The van der Waals surface area contributed by atoms with E-state index in [1.165, 1.54) is 5.56 Å². The van der Waals surface area contributed by atoms with E-state index in [1.807, 2.05) is 90.6 Å². The van der Waals surface area contributed by atoms with E-state index in [0.717, 1.165) is 23.4 Å². The lowest BCUT2D eigenvalue weighted by Crippen LogP contribution is -2.24. The topological polar surface area (TPSA) is 61.3 Å². The Bertz CT molecular complexity index is 1760. The van der Waals surface area contributed by atoms with Crippen LogP contribution in [0.1, 0.15) is 29.2 Å². The predicted molar refractivity (Wildman–Crippen MR) is 149 cm³/mol. The number of aromatic nitrogens is 3. The van der Waals surface area contributed by atoms with Crippen LogP contribution in [-0.2, 0) is 13.1 Å². The standard InChI is InChI=1S/C30H25ClN4O2/c1-20-29-27(17-28(36)33(20)16-15-22-18-32-26-10-6-5-9-25(22)26)34(19-21-11-13-23(31)14-12-21)35(30(29)37)24-7-3-2-4-8-24/h2-14,17-18,22H,15-16,19H2,1H3/t22-/m1/s1. The number of benzene rings is 3. The number of nitrogens with zero attached hydrogens (tertiary/aromatic N) is 4. The minimum Gasteiger partial charge on any atom is -0.312 e. The highest BCUT2D eigenvalue weighted by Crippen LogP contribution is 2.34. The molecule has 0 saturated heterocycles. The minimum atomic E-state index is -0.144. The van der Waals surface area contributed by atoms with E-state index < -0.39 is 0 Å². The lowest BCUT2D eigenvalue weighted by atomic mass is 9.98. The van der Waals surface area contributed by atoms with Gasteiger partial charge in [-0.05, 0) is 54.8 Å². The van der Waals surface area contributed by atoms with Crippen LogP contribution in [0.25, 0.3) is 16.6 Å². The zero-order valence-electron chi connectivity index (χ0n) is 20.3. The van der Waals surface area contributed by atoms with Crippen molar-refractivity contribution in [1.82, 2.24) is 13.9 Å². The number of aryl methyl sites for hydroxylation is 1. The largest absolute Gasteiger partial charge is 0.312 e. The van der Waals surface area contributed by atoms with Crippen LogP contribution in [0.5, 0.6) is 0 Å². The molecule has 3 aromatic carbocycles. The molecule has 1 atom stereocenters. The van der Waals surface area contributed by atoms with Crippen molar-refractivity contribution in [3.63, 3.8) is 0 Å². The first kappa shape index (κ1) is 23.3. The summed E-state index contributed by atoms with van der Waals surface area (Å²) in [5.74, 6) is 0.147. The third kappa shape index (κ3) is 4.13. The van der Waals surface area contributed by atoms with E-state index in [-0.39, 0.29) is 17.0 Å². The van der Waals surface area contributed by atoms with Gasteiger partial charge in [-0.1, -0.05) is 60.1 Å². The van der Waals surface area contributed by atoms with Crippen LogP contribution in [-0.4, -0.2) is 20.1 Å². The number of fused-ring (bicyclic) bond motifs is 2. The molecule has 1 aliphatic rings. The van der Waals surface area contributed by atoms with Gasteiger partial charge in [0, 0.05) is 35.5 Å². The van der Waals surface area contributed by atoms with Gasteiger partial charge in [-0.15, -0.1) is 0 Å². The summed E-state index contributed by atoms with van der Waals surface area (Å²) in [6.07, 6.45) is 2.68. The lowest BCUT2D eigenvalue weighted by Gasteiger charge is -2.15. The van der Waals surface area contributed by atoms with Crippen molar-refractivity contribution in [3.8, 4) is 5.69 Å². The molecule has 184 valence electrons. The van der Waals surface area contributed by atoms with Crippen molar-refractivity contribution in [3.05, 3.63) is 127 Å². The molecule has 5 aromatic rings. The summed E-state index contributed by atoms with van der Waals surface area (Å²) in [5, 5.41) is 1.20. The van der Waals surface area contributed by atoms with E-state index >= 15 is 0 Å². The summed E-state index contributed by atoms with van der Waals surface area (Å²) in [4.78, 5) is 31.8. The summed E-state index contributed by atoms with van der Waals surface area (Å²) >= 11 is 6.09. The molecule has 7 heteroatoms. The number of pyridine rings is 1. The minimum absolute atomic E-state index is 0.122. The first-order valence-corrected chi connectivity index (χ1v) is 12.7. The Hall–Kier alpha value is -4.16. The van der Waals surface area contributed by atoms with Crippen molar-refractivity contribution < 1.29 is 0 Å². The molecule has 37 heavy (non-hydrogen) atoms. The molecule has 0 aliphatic carbocycles. The van der Waals surface area contributed by atoms with E-state index in [1.54, 1.807) is 15.3 Å². The lowest BCUT2D eigenvalue weighted by molar-refractivity contribution is 0.597. The Morgan fingerprint density at radius 3 is 2.43 bits per heavy atom. The van der Waals surface area contributed by atoms with Gasteiger partial charge in [0.25, 0.3) is 11.1 Å². The quantitative estimate of drug-likeness (QED) is 0.288. The van der Waals surface area contributed by atoms with Crippen LogP contribution >= 0.6 is 11.6 Å². The molecular formula is C30H25ClN4O2. The van der Waals surface area contributed by atoms with Crippen molar-refractivity contribution in [2.24, 2.45) is 4.99 Å². The van der Waals surface area contributed by atoms with E-state index in [9.17, 15) is 9.59 Å². The Kier molecular flexibility index (Phi) is 5.89. The molecule has 0 fully saturated rings. The van der Waals surface area contributed by atoms with Gasteiger partial charge < -0.3 is 4.57 Å². The smallest absolute Gasteiger partial charge is 0.281 e. The molecule has 1 aliphatic heterocycles. The number of rotatable bonds is 6. The Labute approximate surface area is 218 Å². The molecular weight excluding hydrogens is 484 g/mol. The molecule has 3 heterocycles. The second-order valence-electron chi connectivity index (χ2n) is 9.35. The zero-order valence-corrected chi connectivity index (χ0v) is 21.1. The van der Waals surface area contributed by atoms with Crippen LogP contribution in [0.4, 0.5) is 5.69 Å². The van der Waals surface area contributed by atoms with E-state index in [4.69, 9.17) is 11.6 Å². The molecule has 6 nitrogen and oxygen atoms in total. The fourth-order valence-corrected chi connectivity index (χ4v) is 5.36. The summed E-state index contributed by atoms with van der Waals surface area (Å²) in [6, 6.07) is 26.7. The van der Waals surface area contributed by atoms with Crippen molar-refractivity contribution in [2.75, 3.05) is 0 Å². The number of hydrogen-bond acceptors (Lipinski definition) is 3. The van der Waals surface area contributed by atoms with Crippen LogP contribution in [0, 0.1) is 6.92 Å². The molecule has 0 radical (unpaired) electrons. The number of halogens is 1. The monoisotopic (exact) mass is 508 g/mol. The molecule has 0 N–H and O–H groups in total. The van der Waals surface area contributed by atoms with Gasteiger partial charge in [0.15, 0.2) is 0 Å². The highest BCUT2D eigenvalue weighted by Gasteiger charge is 2.22. The molecule has 2 aromatic heterocycles. The first-order valence-electron chi connectivity index (χ1n) is 12.3. The van der Waals surface area contributed by atoms with Gasteiger partial charge in [-0.3, -0.25) is 19.3 Å². The summed E-state index contributed by atoms with van der Waals surface area (Å²) in [5.41, 5.74) is 4.91. The molecule has 0 spiro atoms. The summed E-state index contributed by atoms with van der Waals surface area (Å²) < 4.78 is 5.27. The van der Waals surface area contributed by atoms with E-state index in [0.29, 0.717) is 34.7 Å². The molecule has 0 saturated carbocycles. The summed E-state index contributed by atoms with van der Waals surface area (Å²) in [7, 11) is 0. The van der Waals surface area contributed by atoms with Gasteiger partial charge in [0.2, 0.25) is 0 Å². The number of hydrogen-bond donors (Lipinski definition) is 0. The second kappa shape index (κ2) is 9.37. The van der Waals surface area contributed by atoms with Gasteiger partial charge >= 0.3 is 0 Å². The second-order valence-corrected chi connectivity index (χ2v) is 9.79. The fraction of sp³-hybridized carbons (Fsp3) is 0.167. The maximum Gasteiger partial charge on any atom is 0.281 e. The van der Waals surface area contributed by atoms with Gasteiger partial charge in [-0.2, -0.15) is 0 Å². The molecule has 0 amide bonds. The van der Waals surface area contributed by atoms with Crippen LogP contribution in [0.3, 0.4) is 0 Å². The Morgan fingerprint density at radius 2 is 1.65 bits per heavy atom. The zero-order chi connectivity index (χ0) is 25.5. The third-order valence-electron chi connectivity index (χ3n) is 7.11. The highest BCUT2D eigenvalue weighted by atomic mass is 35.5. The normalized spacial score (nSPS) is 14.4. The third-order valence-corrected chi connectivity index (χ3v) is 7.37. The van der Waals surface area contributed by atoms with Gasteiger partial charge in [0.1, 0.15) is 0 Å². The Balaban J connectivity index is 1.46. The maximum atomic E-state index is 13.9. The predicted octanol–water partition coefficient (Wildman–Crippen LogP) is 5.85. The van der Waals surface area contributed by atoms with Crippen molar-refractivity contribution >= 4 is 34.4 Å². The molecule has 0 unspecified atom stereocenters. The number of aliphatic imine (C=N–C) groups is 1. The Morgan fingerprint density at radius 1 is 0.919 bits per heavy atom. The van der Waals surface area contributed by atoms with Gasteiger partial charge in [0.05, 0.1) is 28.8 Å². The van der Waals surface area contributed by atoms with Crippen molar-refractivity contribution in [2.45, 2.75) is 32.4 Å².